The van der Waals surface area contributed by atoms with E-state index in [1.54, 1.807) is 11.3 Å². The number of hydrogen-bond acceptors (Lipinski definition) is 2. The van der Waals surface area contributed by atoms with Crippen LogP contribution >= 0.6 is 24.0 Å². The van der Waals surface area contributed by atoms with Crippen molar-refractivity contribution in [2.45, 2.75) is 11.8 Å². The van der Waals surface area contributed by atoms with Gasteiger partial charge in [-0.25, -0.2) is 0 Å². The fourth-order valence-electron chi connectivity index (χ4n) is 1.25. The molecule has 2 aromatic rings. The monoisotopic (exact) mass is 230 g/mol. The molecule has 0 aliphatic heterocycles. The molecule has 0 N–H and O–H groups in total. The molecule has 14 heavy (non-hydrogen) atoms. The second-order valence-corrected chi connectivity index (χ2v) is 4.40. The van der Waals surface area contributed by atoms with E-state index in [4.69, 9.17) is 0 Å². The molecule has 2 rings (SSSR count). The predicted octanol–water partition coefficient (Wildman–Crippen LogP) is 3.36. The molecule has 0 bridgehead atoms. The van der Waals surface area contributed by atoms with Crippen LogP contribution in [0.25, 0.3) is 10.4 Å². The summed E-state index contributed by atoms with van der Waals surface area (Å²) in [6, 6.07) is 10.4. The van der Waals surface area contributed by atoms with E-state index in [9.17, 15) is 0 Å². The summed E-state index contributed by atoms with van der Waals surface area (Å²) in [6.07, 6.45) is 0. The van der Waals surface area contributed by atoms with E-state index in [-0.39, 0.29) is 29.6 Å². The van der Waals surface area contributed by atoms with E-state index in [1.807, 2.05) is 18.2 Å². The van der Waals surface area contributed by atoms with Crippen molar-refractivity contribution in [2.24, 2.45) is 0 Å². The molecule has 0 amide bonds. The standard InChI is InChI=1S/C11H10S2.Na.H/c1-8-6-11(13-7-8)9-4-2-3-5-10(9)12;;/h2-7,12H,1H3;;. The second-order valence-electron chi connectivity index (χ2n) is 3.01. The average molecular weight is 230 g/mol. The van der Waals surface area contributed by atoms with E-state index in [1.165, 1.54) is 16.0 Å². The molecule has 0 unspecified atom stereocenters. The molecule has 1 heterocycles. The third-order valence-corrected chi connectivity index (χ3v) is 3.37. The van der Waals surface area contributed by atoms with Gasteiger partial charge in [-0.15, -0.1) is 24.0 Å². The van der Waals surface area contributed by atoms with Gasteiger partial charge >= 0.3 is 29.6 Å². The molecule has 0 aliphatic carbocycles. The van der Waals surface area contributed by atoms with Crippen LogP contribution < -0.4 is 0 Å². The van der Waals surface area contributed by atoms with Gasteiger partial charge in [-0.3, -0.25) is 0 Å². The molecule has 3 heteroatoms. The third-order valence-electron chi connectivity index (χ3n) is 1.90. The van der Waals surface area contributed by atoms with Gasteiger partial charge in [-0.2, -0.15) is 0 Å². The molecule has 0 spiro atoms. The summed E-state index contributed by atoms with van der Waals surface area (Å²) < 4.78 is 0. The van der Waals surface area contributed by atoms with Crippen LogP contribution in [0, 0.1) is 6.92 Å². The van der Waals surface area contributed by atoms with Gasteiger partial charge in [0.05, 0.1) is 0 Å². The molecular formula is C11H11NaS2. The van der Waals surface area contributed by atoms with Crippen LogP contribution in [-0.4, -0.2) is 29.6 Å². The zero-order valence-electron chi connectivity index (χ0n) is 7.32. The Labute approximate surface area is 116 Å². The number of hydrogen-bond donors (Lipinski definition) is 1. The number of rotatable bonds is 1. The Bertz CT molecular complexity index is 421. The molecule has 0 nitrogen and oxygen atoms in total. The minimum atomic E-state index is 0. The van der Waals surface area contributed by atoms with Crippen LogP contribution in [0.1, 0.15) is 5.56 Å². The first-order chi connectivity index (χ1) is 6.27. The normalized spacial score (nSPS) is 9.57. The molecule has 1 aromatic heterocycles. The van der Waals surface area contributed by atoms with Gasteiger partial charge < -0.3 is 0 Å². The summed E-state index contributed by atoms with van der Waals surface area (Å²) in [5.41, 5.74) is 2.54. The first-order valence-corrected chi connectivity index (χ1v) is 5.43. The van der Waals surface area contributed by atoms with Crippen molar-refractivity contribution in [3.05, 3.63) is 41.3 Å². The van der Waals surface area contributed by atoms with Crippen molar-refractivity contribution in [3.63, 3.8) is 0 Å². The van der Waals surface area contributed by atoms with Crippen molar-refractivity contribution < 1.29 is 0 Å². The van der Waals surface area contributed by atoms with E-state index < -0.39 is 0 Å². The van der Waals surface area contributed by atoms with E-state index in [2.05, 4.69) is 37.1 Å². The van der Waals surface area contributed by atoms with Crippen LogP contribution in [0.4, 0.5) is 0 Å². The van der Waals surface area contributed by atoms with Gasteiger partial charge in [-0.05, 0) is 30.0 Å². The van der Waals surface area contributed by atoms with Crippen molar-refractivity contribution in [3.8, 4) is 10.4 Å². The van der Waals surface area contributed by atoms with Crippen LogP contribution in [0.5, 0.6) is 0 Å². The molecule has 68 valence electrons. The van der Waals surface area contributed by atoms with Gasteiger partial charge in [0.25, 0.3) is 0 Å². The zero-order chi connectivity index (χ0) is 9.26. The summed E-state index contributed by atoms with van der Waals surface area (Å²) in [6.45, 7) is 2.11. The Morgan fingerprint density at radius 2 is 1.93 bits per heavy atom. The summed E-state index contributed by atoms with van der Waals surface area (Å²) in [4.78, 5) is 2.34. The maximum absolute atomic E-state index is 4.43. The van der Waals surface area contributed by atoms with E-state index in [0.717, 1.165) is 4.90 Å². The molecule has 0 saturated carbocycles. The third kappa shape index (κ3) is 2.65. The first-order valence-electron chi connectivity index (χ1n) is 4.11. The molecule has 1 aromatic carbocycles. The van der Waals surface area contributed by atoms with Crippen molar-refractivity contribution in [2.75, 3.05) is 0 Å². The van der Waals surface area contributed by atoms with Gasteiger partial charge in [0.1, 0.15) is 0 Å². The van der Waals surface area contributed by atoms with E-state index >= 15 is 0 Å². The van der Waals surface area contributed by atoms with Crippen LogP contribution in [-0.2, 0) is 0 Å². The number of benzene rings is 1. The fourth-order valence-corrected chi connectivity index (χ4v) is 2.55. The number of thiol groups is 1. The Kier molecular flexibility index (Phi) is 4.74. The van der Waals surface area contributed by atoms with E-state index in [0.29, 0.717) is 0 Å². The first kappa shape index (κ1) is 12.3. The Balaban J connectivity index is 0.000000980. The predicted molar refractivity (Wildman–Crippen MR) is 68.9 cm³/mol. The van der Waals surface area contributed by atoms with Crippen molar-refractivity contribution >= 4 is 53.5 Å². The fraction of sp³-hybridized carbons (Fsp3) is 0.0909. The van der Waals surface area contributed by atoms with Gasteiger partial charge in [0.2, 0.25) is 0 Å². The summed E-state index contributed by atoms with van der Waals surface area (Å²) in [5.74, 6) is 0. The average Bonchev–Trinajstić information content (AvgIpc) is 2.53. The number of thiophene rings is 1. The second kappa shape index (κ2) is 5.38. The van der Waals surface area contributed by atoms with Gasteiger partial charge in [0.15, 0.2) is 0 Å². The summed E-state index contributed by atoms with van der Waals surface area (Å²) >= 11 is 6.19. The molecule has 0 radical (unpaired) electrons. The number of aryl methyl sites for hydroxylation is 1. The van der Waals surface area contributed by atoms with Crippen molar-refractivity contribution in [1.29, 1.82) is 0 Å². The van der Waals surface area contributed by atoms with Crippen LogP contribution in [0.3, 0.4) is 0 Å². The molecule has 0 aliphatic rings. The van der Waals surface area contributed by atoms with Crippen molar-refractivity contribution in [1.82, 2.24) is 0 Å². The van der Waals surface area contributed by atoms with Gasteiger partial charge in [-0.1, -0.05) is 18.2 Å². The quantitative estimate of drug-likeness (QED) is 0.563. The van der Waals surface area contributed by atoms with Crippen LogP contribution in [0.15, 0.2) is 40.6 Å². The summed E-state index contributed by atoms with van der Waals surface area (Å²) in [5, 5.41) is 2.16. The summed E-state index contributed by atoms with van der Waals surface area (Å²) in [7, 11) is 0. The molecule has 0 saturated heterocycles. The molecular weight excluding hydrogens is 219 g/mol. The van der Waals surface area contributed by atoms with Gasteiger partial charge in [0, 0.05) is 15.3 Å². The SMILES string of the molecule is Cc1csc(-c2ccccc2S)c1.[NaH]. The van der Waals surface area contributed by atoms with Crippen LogP contribution in [0.2, 0.25) is 0 Å². The topological polar surface area (TPSA) is 0 Å². The Morgan fingerprint density at radius 3 is 2.50 bits per heavy atom. The minimum absolute atomic E-state index is 0. The molecule has 0 fully saturated rings. The zero-order valence-corrected chi connectivity index (χ0v) is 9.03. The Hall–Kier alpha value is 0.270. The maximum atomic E-state index is 4.43. The Morgan fingerprint density at radius 1 is 1.21 bits per heavy atom. The molecule has 0 atom stereocenters.